The number of likely N-dealkylation sites (N-methyl/N-ethyl adjacent to an activating group) is 1. The van der Waals surface area contributed by atoms with Crippen molar-refractivity contribution in [2.45, 2.75) is 31.2 Å². The Balaban J connectivity index is 2.45. The number of carbonyl (C=O) groups is 1. The molecule has 0 saturated carbocycles. The molecule has 0 aliphatic carbocycles. The number of amides is 1. The Morgan fingerprint density at radius 2 is 2.00 bits per heavy atom. The van der Waals surface area contributed by atoms with Gasteiger partial charge in [0.25, 0.3) is 0 Å². The predicted molar refractivity (Wildman–Crippen MR) is 90.1 cm³/mol. The van der Waals surface area contributed by atoms with E-state index in [9.17, 15) is 13.2 Å². The Morgan fingerprint density at radius 3 is 2.57 bits per heavy atom. The molecule has 0 aromatic heterocycles. The minimum Gasteiger partial charge on any atom is -0.493 e. The number of nitrogens with zero attached hydrogens (tertiary/aromatic N) is 1. The van der Waals surface area contributed by atoms with E-state index < -0.39 is 15.9 Å². The fraction of sp³-hybridized carbons (Fsp3) is 0.562. The predicted octanol–water partition coefficient (Wildman–Crippen LogP) is 1.30. The monoisotopic (exact) mass is 342 g/mol. The number of carbonyl (C=O) groups excluding carboxylic acids is 1. The van der Waals surface area contributed by atoms with Crippen LogP contribution < -0.4 is 10.5 Å². The van der Waals surface area contributed by atoms with E-state index in [0.29, 0.717) is 25.3 Å². The third-order valence-electron chi connectivity index (χ3n) is 3.52. The van der Waals surface area contributed by atoms with Gasteiger partial charge < -0.3 is 15.4 Å². The van der Waals surface area contributed by atoms with Gasteiger partial charge in [-0.2, -0.15) is 0 Å². The summed E-state index contributed by atoms with van der Waals surface area (Å²) >= 11 is 0. The van der Waals surface area contributed by atoms with Gasteiger partial charge in [0.05, 0.1) is 17.5 Å². The molecule has 130 valence electrons. The maximum atomic E-state index is 12.0. The van der Waals surface area contributed by atoms with Gasteiger partial charge in [0.1, 0.15) is 5.75 Å². The smallest absolute Gasteiger partial charge is 0.239 e. The van der Waals surface area contributed by atoms with Crippen LogP contribution in [0.5, 0.6) is 5.75 Å². The normalized spacial score (nSPS) is 13.0. The number of hydrogen-bond donors (Lipinski definition) is 1. The van der Waals surface area contributed by atoms with E-state index in [0.717, 1.165) is 6.26 Å². The third kappa shape index (κ3) is 6.19. The van der Waals surface area contributed by atoms with Gasteiger partial charge in [0, 0.05) is 19.8 Å². The number of benzene rings is 1. The first-order chi connectivity index (χ1) is 10.6. The number of ether oxygens (including phenoxy) is 1. The van der Waals surface area contributed by atoms with Crippen LogP contribution in [0.1, 0.15) is 20.3 Å². The second kappa shape index (κ2) is 8.31. The van der Waals surface area contributed by atoms with E-state index in [4.69, 9.17) is 10.5 Å². The Kier molecular flexibility index (Phi) is 7.02. The van der Waals surface area contributed by atoms with E-state index in [1.807, 2.05) is 13.8 Å². The number of rotatable bonds is 8. The summed E-state index contributed by atoms with van der Waals surface area (Å²) in [5, 5.41) is 0. The summed E-state index contributed by atoms with van der Waals surface area (Å²) in [5.41, 5.74) is 5.83. The lowest BCUT2D eigenvalue weighted by Crippen LogP contribution is -2.45. The zero-order chi connectivity index (χ0) is 17.6. The van der Waals surface area contributed by atoms with Crippen LogP contribution in [0.15, 0.2) is 29.2 Å². The average Bonchev–Trinajstić information content (AvgIpc) is 2.49. The molecule has 1 aromatic rings. The molecule has 0 radical (unpaired) electrons. The first-order valence-electron chi connectivity index (χ1n) is 7.56. The molecule has 0 unspecified atom stereocenters. The molecule has 0 aliphatic heterocycles. The molecule has 23 heavy (non-hydrogen) atoms. The maximum Gasteiger partial charge on any atom is 0.239 e. The summed E-state index contributed by atoms with van der Waals surface area (Å²) in [5.74, 6) is 0.514. The van der Waals surface area contributed by atoms with Crippen LogP contribution in [0.4, 0.5) is 0 Å². The van der Waals surface area contributed by atoms with Crippen molar-refractivity contribution >= 4 is 15.7 Å². The zero-order valence-electron chi connectivity index (χ0n) is 14.2. The average molecular weight is 342 g/mol. The fourth-order valence-electron chi connectivity index (χ4n) is 1.94. The van der Waals surface area contributed by atoms with E-state index in [1.165, 1.54) is 12.1 Å². The molecule has 1 aromatic carbocycles. The van der Waals surface area contributed by atoms with Crippen LogP contribution in [0, 0.1) is 5.92 Å². The first kappa shape index (κ1) is 19.4. The summed E-state index contributed by atoms with van der Waals surface area (Å²) in [6, 6.07) is 5.88. The molecular weight excluding hydrogens is 316 g/mol. The molecule has 0 spiro atoms. The van der Waals surface area contributed by atoms with Crippen LogP contribution in [0.25, 0.3) is 0 Å². The molecule has 7 heteroatoms. The molecular formula is C16H26N2O4S. The van der Waals surface area contributed by atoms with E-state index in [1.54, 1.807) is 24.1 Å². The highest BCUT2D eigenvalue weighted by molar-refractivity contribution is 7.90. The molecule has 1 rings (SSSR count). The van der Waals surface area contributed by atoms with E-state index in [-0.39, 0.29) is 16.7 Å². The quantitative estimate of drug-likeness (QED) is 0.719. The highest BCUT2D eigenvalue weighted by atomic mass is 32.2. The van der Waals surface area contributed by atoms with Crippen LogP contribution in [-0.4, -0.2) is 51.7 Å². The Morgan fingerprint density at radius 1 is 1.35 bits per heavy atom. The van der Waals surface area contributed by atoms with Crippen molar-refractivity contribution < 1.29 is 17.9 Å². The molecule has 0 heterocycles. The second-order valence-corrected chi connectivity index (χ2v) is 7.99. The molecule has 1 atom stereocenters. The first-order valence-corrected chi connectivity index (χ1v) is 9.45. The van der Waals surface area contributed by atoms with Gasteiger partial charge in [-0.3, -0.25) is 4.79 Å². The number of hydrogen-bond acceptors (Lipinski definition) is 5. The summed E-state index contributed by atoms with van der Waals surface area (Å²) in [4.78, 5) is 13.8. The largest absolute Gasteiger partial charge is 0.493 e. The Hall–Kier alpha value is -1.60. The lowest BCUT2D eigenvalue weighted by Gasteiger charge is -2.23. The van der Waals surface area contributed by atoms with Gasteiger partial charge in [-0.05, 0) is 30.5 Å². The summed E-state index contributed by atoms with van der Waals surface area (Å²) < 4.78 is 28.5. The van der Waals surface area contributed by atoms with E-state index in [2.05, 4.69) is 0 Å². The SMILES string of the molecule is CC(C)[C@H](N)C(=O)N(C)CCCOc1cccc(S(C)(=O)=O)c1. The standard InChI is InChI=1S/C16H26N2O4S/c1-12(2)15(17)16(19)18(3)9-6-10-22-13-7-5-8-14(11-13)23(4,20)21/h5,7-8,11-12,15H,6,9-10,17H2,1-4H3/t15-/m0/s1. The Labute approximate surface area is 138 Å². The molecule has 1 amide bonds. The van der Waals surface area contributed by atoms with Gasteiger partial charge in [-0.25, -0.2) is 8.42 Å². The van der Waals surface area contributed by atoms with Crippen molar-refractivity contribution in [2.75, 3.05) is 26.5 Å². The highest BCUT2D eigenvalue weighted by Crippen LogP contribution is 2.17. The minimum atomic E-state index is -3.25. The second-order valence-electron chi connectivity index (χ2n) is 5.98. The van der Waals surface area contributed by atoms with Crippen molar-refractivity contribution in [3.63, 3.8) is 0 Å². The van der Waals surface area contributed by atoms with Crippen LogP contribution in [-0.2, 0) is 14.6 Å². The van der Waals surface area contributed by atoms with Crippen molar-refractivity contribution in [1.29, 1.82) is 0 Å². The van der Waals surface area contributed by atoms with Crippen LogP contribution in [0.3, 0.4) is 0 Å². The van der Waals surface area contributed by atoms with Crippen LogP contribution >= 0.6 is 0 Å². The maximum absolute atomic E-state index is 12.0. The number of sulfone groups is 1. The van der Waals surface area contributed by atoms with Gasteiger partial charge in [-0.15, -0.1) is 0 Å². The molecule has 0 saturated heterocycles. The van der Waals surface area contributed by atoms with Crippen molar-refractivity contribution in [3.8, 4) is 5.75 Å². The van der Waals surface area contributed by atoms with Gasteiger partial charge in [-0.1, -0.05) is 19.9 Å². The lowest BCUT2D eigenvalue weighted by molar-refractivity contribution is -0.132. The number of nitrogens with two attached hydrogens (primary N) is 1. The van der Waals surface area contributed by atoms with Crippen molar-refractivity contribution in [3.05, 3.63) is 24.3 Å². The summed E-state index contributed by atoms with van der Waals surface area (Å²) in [6.45, 7) is 4.75. The Bertz CT molecular complexity index is 629. The molecule has 0 bridgehead atoms. The molecule has 6 nitrogen and oxygen atoms in total. The topological polar surface area (TPSA) is 89.7 Å². The zero-order valence-corrected chi connectivity index (χ0v) is 15.0. The molecule has 0 fully saturated rings. The molecule has 0 aliphatic rings. The third-order valence-corrected chi connectivity index (χ3v) is 4.63. The minimum absolute atomic E-state index is 0.0842. The van der Waals surface area contributed by atoms with Crippen LogP contribution in [0.2, 0.25) is 0 Å². The van der Waals surface area contributed by atoms with Gasteiger partial charge in [0.2, 0.25) is 5.91 Å². The van der Waals surface area contributed by atoms with Crippen molar-refractivity contribution in [1.82, 2.24) is 4.90 Å². The molecule has 2 N–H and O–H groups in total. The summed E-state index contributed by atoms with van der Waals surface area (Å²) in [6.07, 6.45) is 1.79. The van der Waals surface area contributed by atoms with E-state index >= 15 is 0 Å². The van der Waals surface area contributed by atoms with Gasteiger partial charge >= 0.3 is 0 Å². The lowest BCUT2D eigenvalue weighted by atomic mass is 10.0. The van der Waals surface area contributed by atoms with Crippen molar-refractivity contribution in [2.24, 2.45) is 11.7 Å². The summed E-state index contributed by atoms with van der Waals surface area (Å²) in [7, 11) is -1.53. The van der Waals surface area contributed by atoms with Gasteiger partial charge in [0.15, 0.2) is 9.84 Å². The highest BCUT2D eigenvalue weighted by Gasteiger charge is 2.20. The fourth-order valence-corrected chi connectivity index (χ4v) is 2.59.